The minimum absolute atomic E-state index is 0.0224. The van der Waals surface area contributed by atoms with E-state index in [0.717, 1.165) is 5.75 Å². The van der Waals surface area contributed by atoms with Crippen LogP contribution in [0.3, 0.4) is 0 Å². The van der Waals surface area contributed by atoms with Crippen molar-refractivity contribution in [3.8, 4) is 5.75 Å². The topological polar surface area (TPSA) is 87.7 Å². The predicted octanol–water partition coefficient (Wildman–Crippen LogP) is 4.19. The first-order chi connectivity index (χ1) is 17.6. The van der Waals surface area contributed by atoms with E-state index in [1.165, 1.54) is 0 Å². The maximum atomic E-state index is 13.1. The second kappa shape index (κ2) is 12.5. The first-order valence-electron chi connectivity index (χ1n) is 12.3. The van der Waals surface area contributed by atoms with Gasteiger partial charge in [-0.05, 0) is 42.7 Å². The van der Waals surface area contributed by atoms with Crippen molar-refractivity contribution in [1.29, 1.82) is 0 Å². The number of carbonyl (C=O) groups is 3. The van der Waals surface area contributed by atoms with Crippen molar-refractivity contribution >= 4 is 23.4 Å². The molecule has 2 N–H and O–H groups in total. The standard InChI is InChI=1S/C29H31N3O4/c33-26(18-21-36-25-14-8-3-9-15-25)32-19-16-23(17-20-32)28(34)31-27(22-10-4-1-5-11-22)29(35)30-24-12-6-2-7-13-24/h1-15,23,27H,16-21H2,(H,30,35)(H,31,34). The third-order valence-corrected chi connectivity index (χ3v) is 6.27. The highest BCUT2D eigenvalue weighted by molar-refractivity contribution is 5.98. The van der Waals surface area contributed by atoms with E-state index in [9.17, 15) is 14.4 Å². The van der Waals surface area contributed by atoms with Crippen molar-refractivity contribution in [2.45, 2.75) is 25.3 Å². The molecule has 1 aliphatic heterocycles. The Morgan fingerprint density at radius 3 is 2.06 bits per heavy atom. The maximum absolute atomic E-state index is 13.1. The lowest BCUT2D eigenvalue weighted by atomic mass is 9.94. The molecule has 0 aliphatic carbocycles. The number of anilines is 1. The van der Waals surface area contributed by atoms with Crippen LogP contribution in [0.5, 0.6) is 5.75 Å². The number of hydrogen-bond acceptors (Lipinski definition) is 4. The summed E-state index contributed by atoms with van der Waals surface area (Å²) in [6.07, 6.45) is 1.40. The van der Waals surface area contributed by atoms with Gasteiger partial charge in [0.25, 0.3) is 5.91 Å². The highest BCUT2D eigenvalue weighted by Crippen LogP contribution is 2.22. The summed E-state index contributed by atoms with van der Waals surface area (Å²) in [5.74, 6) is 0.0304. The van der Waals surface area contributed by atoms with Crippen LogP contribution in [0.25, 0.3) is 0 Å². The highest BCUT2D eigenvalue weighted by Gasteiger charge is 2.30. The molecule has 1 atom stereocenters. The third kappa shape index (κ3) is 6.95. The molecule has 0 aromatic heterocycles. The average molecular weight is 486 g/mol. The number of carbonyl (C=O) groups excluding carboxylic acids is 3. The minimum Gasteiger partial charge on any atom is -0.493 e. The summed E-state index contributed by atoms with van der Waals surface area (Å²) in [4.78, 5) is 40.6. The van der Waals surface area contributed by atoms with E-state index in [0.29, 0.717) is 50.2 Å². The fourth-order valence-corrected chi connectivity index (χ4v) is 4.26. The summed E-state index contributed by atoms with van der Waals surface area (Å²) in [6.45, 7) is 1.33. The van der Waals surface area contributed by atoms with E-state index in [4.69, 9.17) is 4.74 Å². The number of para-hydroxylation sites is 2. The zero-order valence-electron chi connectivity index (χ0n) is 20.1. The number of rotatable bonds is 9. The molecule has 1 fully saturated rings. The van der Waals surface area contributed by atoms with Crippen molar-refractivity contribution in [2.24, 2.45) is 5.92 Å². The monoisotopic (exact) mass is 485 g/mol. The number of nitrogens with zero attached hydrogens (tertiary/aromatic N) is 1. The summed E-state index contributed by atoms with van der Waals surface area (Å²) in [5, 5.41) is 5.83. The molecule has 7 nitrogen and oxygen atoms in total. The lowest BCUT2D eigenvalue weighted by Crippen LogP contribution is -2.45. The number of piperidine rings is 1. The van der Waals surface area contributed by atoms with Crippen LogP contribution in [0.1, 0.15) is 30.9 Å². The third-order valence-electron chi connectivity index (χ3n) is 6.27. The molecule has 1 saturated heterocycles. The fraction of sp³-hybridized carbons (Fsp3) is 0.276. The number of ether oxygens (including phenoxy) is 1. The first kappa shape index (κ1) is 25.0. The van der Waals surface area contributed by atoms with Crippen molar-refractivity contribution in [2.75, 3.05) is 25.0 Å². The summed E-state index contributed by atoms with van der Waals surface area (Å²) in [6, 6.07) is 27.0. The molecule has 0 spiro atoms. The SMILES string of the molecule is O=C(NC(C(=O)Nc1ccccc1)c1ccccc1)C1CCN(C(=O)CCOc2ccccc2)CC1. The Hall–Kier alpha value is -4.13. The van der Waals surface area contributed by atoms with E-state index in [-0.39, 0.29) is 23.6 Å². The van der Waals surface area contributed by atoms with Crippen molar-refractivity contribution in [3.05, 3.63) is 96.6 Å². The van der Waals surface area contributed by atoms with E-state index in [1.807, 2.05) is 78.9 Å². The van der Waals surface area contributed by atoms with Crippen molar-refractivity contribution < 1.29 is 19.1 Å². The number of amides is 3. The Bertz CT molecular complexity index is 1130. The molecule has 3 aromatic rings. The Morgan fingerprint density at radius 2 is 1.42 bits per heavy atom. The van der Waals surface area contributed by atoms with Crippen LogP contribution >= 0.6 is 0 Å². The van der Waals surface area contributed by atoms with Gasteiger partial charge < -0.3 is 20.3 Å². The Balaban J connectivity index is 1.29. The molecule has 186 valence electrons. The normalized spacial score (nSPS) is 14.5. The van der Waals surface area contributed by atoms with Gasteiger partial charge in [-0.25, -0.2) is 0 Å². The smallest absolute Gasteiger partial charge is 0.251 e. The lowest BCUT2D eigenvalue weighted by molar-refractivity contribution is -0.136. The molecule has 36 heavy (non-hydrogen) atoms. The zero-order chi connectivity index (χ0) is 25.2. The van der Waals surface area contributed by atoms with Gasteiger partial charge in [0.05, 0.1) is 13.0 Å². The lowest BCUT2D eigenvalue weighted by Gasteiger charge is -2.32. The fourth-order valence-electron chi connectivity index (χ4n) is 4.26. The summed E-state index contributed by atoms with van der Waals surface area (Å²) in [7, 11) is 0. The van der Waals surface area contributed by atoms with Gasteiger partial charge in [0, 0.05) is 24.7 Å². The second-order valence-corrected chi connectivity index (χ2v) is 8.77. The molecule has 3 aromatic carbocycles. The highest BCUT2D eigenvalue weighted by atomic mass is 16.5. The van der Waals surface area contributed by atoms with Gasteiger partial charge in [0.15, 0.2) is 0 Å². The van der Waals surface area contributed by atoms with Crippen LogP contribution in [0.15, 0.2) is 91.0 Å². The van der Waals surface area contributed by atoms with E-state index < -0.39 is 6.04 Å². The Morgan fingerprint density at radius 1 is 0.833 bits per heavy atom. The van der Waals surface area contributed by atoms with Crippen LogP contribution in [0.4, 0.5) is 5.69 Å². The molecular weight excluding hydrogens is 454 g/mol. The predicted molar refractivity (Wildman–Crippen MR) is 138 cm³/mol. The van der Waals surface area contributed by atoms with Crippen LogP contribution in [-0.4, -0.2) is 42.3 Å². The number of nitrogens with one attached hydrogen (secondary N) is 2. The first-order valence-corrected chi connectivity index (χ1v) is 12.3. The second-order valence-electron chi connectivity index (χ2n) is 8.77. The molecule has 0 saturated carbocycles. The molecule has 3 amide bonds. The van der Waals surface area contributed by atoms with E-state index >= 15 is 0 Å². The molecule has 0 bridgehead atoms. The van der Waals surface area contributed by atoms with Crippen LogP contribution < -0.4 is 15.4 Å². The number of benzene rings is 3. The van der Waals surface area contributed by atoms with Gasteiger partial charge in [0.2, 0.25) is 11.8 Å². The average Bonchev–Trinajstić information content (AvgIpc) is 2.93. The van der Waals surface area contributed by atoms with Crippen LogP contribution in [0, 0.1) is 5.92 Å². The zero-order valence-corrected chi connectivity index (χ0v) is 20.1. The molecule has 1 aliphatic rings. The Labute approximate surface area is 211 Å². The minimum atomic E-state index is -0.811. The van der Waals surface area contributed by atoms with E-state index in [2.05, 4.69) is 10.6 Å². The van der Waals surface area contributed by atoms with Crippen molar-refractivity contribution in [1.82, 2.24) is 10.2 Å². The molecule has 4 rings (SSSR count). The van der Waals surface area contributed by atoms with Gasteiger partial charge in [-0.2, -0.15) is 0 Å². The molecule has 1 heterocycles. The molecule has 1 unspecified atom stereocenters. The van der Waals surface area contributed by atoms with Crippen LogP contribution in [0.2, 0.25) is 0 Å². The Kier molecular flexibility index (Phi) is 8.70. The van der Waals surface area contributed by atoms with Gasteiger partial charge in [-0.1, -0.05) is 66.7 Å². The van der Waals surface area contributed by atoms with Gasteiger partial charge in [-0.15, -0.1) is 0 Å². The summed E-state index contributed by atoms with van der Waals surface area (Å²) in [5.41, 5.74) is 1.38. The van der Waals surface area contributed by atoms with Crippen LogP contribution in [-0.2, 0) is 14.4 Å². The summed E-state index contributed by atoms with van der Waals surface area (Å²) < 4.78 is 5.63. The van der Waals surface area contributed by atoms with Gasteiger partial charge >= 0.3 is 0 Å². The number of likely N-dealkylation sites (tertiary alicyclic amines) is 1. The number of hydrogen-bond donors (Lipinski definition) is 2. The summed E-state index contributed by atoms with van der Waals surface area (Å²) >= 11 is 0. The van der Waals surface area contributed by atoms with Crippen molar-refractivity contribution in [3.63, 3.8) is 0 Å². The maximum Gasteiger partial charge on any atom is 0.251 e. The molecular formula is C29H31N3O4. The van der Waals surface area contributed by atoms with Gasteiger partial charge in [-0.3, -0.25) is 14.4 Å². The van der Waals surface area contributed by atoms with Gasteiger partial charge in [0.1, 0.15) is 11.8 Å². The van der Waals surface area contributed by atoms with E-state index in [1.54, 1.807) is 17.0 Å². The molecule has 0 radical (unpaired) electrons. The molecule has 7 heteroatoms. The largest absolute Gasteiger partial charge is 0.493 e. The quantitative estimate of drug-likeness (QED) is 0.476.